The molecule has 1 fully saturated rings. The second-order valence-corrected chi connectivity index (χ2v) is 4.81. The number of carbonyl (C=O) groups excluding carboxylic acids is 1. The highest BCUT2D eigenvalue weighted by molar-refractivity contribution is 5.92. The molecule has 0 saturated carbocycles. The smallest absolute Gasteiger partial charge is 0.289 e. The minimum Gasteiger partial charge on any atom is -0.459 e. The van der Waals surface area contributed by atoms with Crippen molar-refractivity contribution >= 4 is 5.91 Å². The number of rotatable bonds is 3. The molecule has 1 aliphatic rings. The van der Waals surface area contributed by atoms with Gasteiger partial charge < -0.3 is 14.6 Å². The number of amides is 1. The van der Waals surface area contributed by atoms with Crippen LogP contribution in [0.5, 0.6) is 0 Å². The SMILES string of the molecule is Cc1ccoc1C(=O)N(C)CC1CCNCC1. The zero-order valence-corrected chi connectivity index (χ0v) is 10.5. The van der Waals surface area contributed by atoms with Gasteiger partial charge in [-0.3, -0.25) is 4.79 Å². The van der Waals surface area contributed by atoms with Crippen molar-refractivity contribution in [3.05, 3.63) is 23.7 Å². The van der Waals surface area contributed by atoms with Gasteiger partial charge in [0.15, 0.2) is 5.76 Å². The van der Waals surface area contributed by atoms with Gasteiger partial charge in [0, 0.05) is 19.2 Å². The Hall–Kier alpha value is -1.29. The molecule has 1 aromatic heterocycles. The van der Waals surface area contributed by atoms with Gasteiger partial charge in [-0.15, -0.1) is 0 Å². The lowest BCUT2D eigenvalue weighted by Crippen LogP contribution is -2.37. The van der Waals surface area contributed by atoms with Crippen LogP contribution in [0.25, 0.3) is 0 Å². The van der Waals surface area contributed by atoms with E-state index in [4.69, 9.17) is 4.42 Å². The van der Waals surface area contributed by atoms with Crippen LogP contribution in [0.4, 0.5) is 0 Å². The predicted molar refractivity (Wildman–Crippen MR) is 66.0 cm³/mol. The van der Waals surface area contributed by atoms with Crippen LogP contribution in [0.2, 0.25) is 0 Å². The maximum absolute atomic E-state index is 12.1. The summed E-state index contributed by atoms with van der Waals surface area (Å²) in [6.45, 7) is 4.84. The second kappa shape index (κ2) is 5.36. The van der Waals surface area contributed by atoms with Crippen molar-refractivity contribution in [1.82, 2.24) is 10.2 Å². The first-order valence-corrected chi connectivity index (χ1v) is 6.18. The van der Waals surface area contributed by atoms with E-state index >= 15 is 0 Å². The number of hydrogen-bond acceptors (Lipinski definition) is 3. The van der Waals surface area contributed by atoms with Crippen LogP contribution in [0, 0.1) is 12.8 Å². The Morgan fingerprint density at radius 1 is 1.53 bits per heavy atom. The van der Waals surface area contributed by atoms with Crippen LogP contribution in [0.1, 0.15) is 29.0 Å². The average molecular weight is 236 g/mol. The molecule has 0 aromatic carbocycles. The fourth-order valence-electron chi connectivity index (χ4n) is 2.30. The first kappa shape index (κ1) is 12.2. The summed E-state index contributed by atoms with van der Waals surface area (Å²) >= 11 is 0. The third-order valence-electron chi connectivity index (χ3n) is 3.39. The summed E-state index contributed by atoms with van der Waals surface area (Å²) in [7, 11) is 1.85. The van der Waals surface area contributed by atoms with E-state index in [2.05, 4.69) is 5.32 Å². The van der Waals surface area contributed by atoms with Crippen molar-refractivity contribution in [3.63, 3.8) is 0 Å². The maximum atomic E-state index is 12.1. The van der Waals surface area contributed by atoms with Gasteiger partial charge in [-0.2, -0.15) is 0 Å². The fraction of sp³-hybridized carbons (Fsp3) is 0.615. The molecule has 0 unspecified atom stereocenters. The van der Waals surface area contributed by atoms with Crippen molar-refractivity contribution in [3.8, 4) is 0 Å². The third-order valence-corrected chi connectivity index (χ3v) is 3.39. The van der Waals surface area contributed by atoms with Gasteiger partial charge in [-0.05, 0) is 44.8 Å². The highest BCUT2D eigenvalue weighted by atomic mass is 16.3. The number of furan rings is 1. The minimum absolute atomic E-state index is 0.00830. The Morgan fingerprint density at radius 3 is 2.82 bits per heavy atom. The third kappa shape index (κ3) is 2.88. The van der Waals surface area contributed by atoms with E-state index in [0.717, 1.165) is 38.0 Å². The molecule has 0 atom stereocenters. The highest BCUT2D eigenvalue weighted by Gasteiger charge is 2.21. The van der Waals surface area contributed by atoms with Crippen molar-refractivity contribution in [2.75, 3.05) is 26.7 Å². The number of nitrogens with zero attached hydrogens (tertiary/aromatic N) is 1. The van der Waals surface area contributed by atoms with Crippen LogP contribution >= 0.6 is 0 Å². The van der Waals surface area contributed by atoms with Gasteiger partial charge in [-0.25, -0.2) is 0 Å². The summed E-state index contributed by atoms with van der Waals surface area (Å²) in [6, 6.07) is 1.83. The number of piperidine rings is 1. The molecule has 17 heavy (non-hydrogen) atoms. The van der Waals surface area contributed by atoms with E-state index in [1.807, 2.05) is 20.0 Å². The van der Waals surface area contributed by atoms with Crippen LogP contribution in [-0.2, 0) is 0 Å². The number of aryl methyl sites for hydroxylation is 1. The largest absolute Gasteiger partial charge is 0.459 e. The van der Waals surface area contributed by atoms with Gasteiger partial charge >= 0.3 is 0 Å². The lowest BCUT2D eigenvalue weighted by molar-refractivity contribution is 0.0730. The molecule has 1 N–H and O–H groups in total. The Balaban J connectivity index is 1.93. The first-order valence-electron chi connectivity index (χ1n) is 6.18. The number of hydrogen-bond donors (Lipinski definition) is 1. The predicted octanol–water partition coefficient (Wildman–Crippen LogP) is 1.66. The quantitative estimate of drug-likeness (QED) is 0.868. The van der Waals surface area contributed by atoms with Crippen LogP contribution in [0.3, 0.4) is 0 Å². The van der Waals surface area contributed by atoms with Crippen molar-refractivity contribution < 1.29 is 9.21 Å². The Morgan fingerprint density at radius 2 is 2.24 bits per heavy atom. The van der Waals surface area contributed by atoms with Gasteiger partial charge in [0.2, 0.25) is 0 Å². The van der Waals surface area contributed by atoms with Crippen molar-refractivity contribution in [2.45, 2.75) is 19.8 Å². The van der Waals surface area contributed by atoms with Crippen LogP contribution in [-0.4, -0.2) is 37.5 Å². The lowest BCUT2D eigenvalue weighted by Gasteiger charge is -2.27. The van der Waals surface area contributed by atoms with Gasteiger partial charge in [0.25, 0.3) is 5.91 Å². The van der Waals surface area contributed by atoms with E-state index in [-0.39, 0.29) is 5.91 Å². The summed E-state index contributed by atoms with van der Waals surface area (Å²) in [5, 5.41) is 3.33. The van der Waals surface area contributed by atoms with E-state index in [1.54, 1.807) is 11.2 Å². The summed E-state index contributed by atoms with van der Waals surface area (Å²) < 4.78 is 5.23. The summed E-state index contributed by atoms with van der Waals surface area (Å²) in [5.74, 6) is 1.08. The molecule has 1 aromatic rings. The topological polar surface area (TPSA) is 45.5 Å². The molecular formula is C13H20N2O2. The van der Waals surface area contributed by atoms with Gasteiger partial charge in [-0.1, -0.05) is 0 Å². The number of carbonyl (C=O) groups is 1. The zero-order chi connectivity index (χ0) is 12.3. The molecular weight excluding hydrogens is 216 g/mol. The van der Waals surface area contributed by atoms with E-state index in [9.17, 15) is 4.79 Å². The molecule has 4 nitrogen and oxygen atoms in total. The molecule has 0 bridgehead atoms. The van der Waals surface area contributed by atoms with Crippen LogP contribution < -0.4 is 5.32 Å². The molecule has 1 aliphatic heterocycles. The Kier molecular flexibility index (Phi) is 3.84. The molecule has 0 radical (unpaired) electrons. The van der Waals surface area contributed by atoms with Crippen molar-refractivity contribution in [1.29, 1.82) is 0 Å². The molecule has 1 amide bonds. The average Bonchev–Trinajstić information content (AvgIpc) is 2.76. The molecule has 2 rings (SSSR count). The Labute approximate surface area is 102 Å². The molecule has 94 valence electrons. The molecule has 4 heteroatoms. The maximum Gasteiger partial charge on any atom is 0.289 e. The lowest BCUT2D eigenvalue weighted by atomic mass is 9.97. The van der Waals surface area contributed by atoms with E-state index in [1.165, 1.54) is 0 Å². The summed E-state index contributed by atoms with van der Waals surface area (Å²) in [4.78, 5) is 13.9. The highest BCUT2D eigenvalue weighted by Crippen LogP contribution is 2.16. The van der Waals surface area contributed by atoms with E-state index < -0.39 is 0 Å². The first-order chi connectivity index (χ1) is 8.18. The second-order valence-electron chi connectivity index (χ2n) is 4.81. The molecule has 0 aliphatic carbocycles. The minimum atomic E-state index is -0.00830. The normalized spacial score (nSPS) is 17.1. The monoisotopic (exact) mass is 236 g/mol. The fourth-order valence-corrected chi connectivity index (χ4v) is 2.30. The standard InChI is InChI=1S/C13H20N2O2/c1-10-5-8-17-12(10)13(16)15(2)9-11-3-6-14-7-4-11/h5,8,11,14H,3-4,6-7,9H2,1-2H3. The molecule has 0 spiro atoms. The molecule has 2 heterocycles. The molecule has 1 saturated heterocycles. The number of nitrogens with one attached hydrogen (secondary N) is 1. The summed E-state index contributed by atoms with van der Waals surface area (Å²) in [6.07, 6.45) is 3.87. The Bertz CT molecular complexity index is 381. The van der Waals surface area contributed by atoms with Crippen molar-refractivity contribution in [2.24, 2.45) is 5.92 Å². The van der Waals surface area contributed by atoms with Gasteiger partial charge in [0.05, 0.1) is 6.26 Å². The van der Waals surface area contributed by atoms with Crippen LogP contribution in [0.15, 0.2) is 16.7 Å². The van der Waals surface area contributed by atoms with Gasteiger partial charge in [0.1, 0.15) is 0 Å². The summed E-state index contributed by atoms with van der Waals surface area (Å²) in [5.41, 5.74) is 0.909. The van der Waals surface area contributed by atoms with E-state index in [0.29, 0.717) is 11.7 Å². The zero-order valence-electron chi connectivity index (χ0n) is 10.5.